The predicted molar refractivity (Wildman–Crippen MR) is 81.9 cm³/mol. The van der Waals surface area contributed by atoms with Crippen molar-refractivity contribution >= 4 is 15.9 Å². The fraction of sp³-hybridized carbons (Fsp3) is 0.250. The van der Waals surface area contributed by atoms with Crippen LogP contribution in [0.1, 0.15) is 30.2 Å². The first-order valence-electron chi connectivity index (χ1n) is 6.59. The molecule has 2 rings (SSSR count). The SMILES string of the molecule is C[C@@H](NCC(O)c1ccc(F)cc1F)c1ccc(Br)cc1. The van der Waals surface area contributed by atoms with E-state index in [0.717, 1.165) is 22.2 Å². The lowest BCUT2D eigenvalue weighted by Crippen LogP contribution is -2.25. The van der Waals surface area contributed by atoms with E-state index in [1.807, 2.05) is 31.2 Å². The molecule has 0 spiro atoms. The van der Waals surface area contributed by atoms with Crippen LogP contribution in [0.15, 0.2) is 46.9 Å². The van der Waals surface area contributed by atoms with Gasteiger partial charge >= 0.3 is 0 Å². The Bertz CT molecular complexity index is 604. The molecule has 0 amide bonds. The summed E-state index contributed by atoms with van der Waals surface area (Å²) in [5, 5.41) is 13.1. The molecule has 2 aromatic rings. The number of aliphatic hydroxyl groups is 1. The first kappa shape index (κ1) is 16.1. The van der Waals surface area contributed by atoms with Crippen molar-refractivity contribution in [1.82, 2.24) is 5.32 Å². The van der Waals surface area contributed by atoms with Crippen molar-refractivity contribution in [3.05, 3.63) is 69.7 Å². The van der Waals surface area contributed by atoms with E-state index in [2.05, 4.69) is 21.2 Å². The highest BCUT2D eigenvalue weighted by Gasteiger charge is 2.15. The van der Waals surface area contributed by atoms with Crippen LogP contribution in [0.4, 0.5) is 8.78 Å². The van der Waals surface area contributed by atoms with Gasteiger partial charge in [0.1, 0.15) is 11.6 Å². The quantitative estimate of drug-likeness (QED) is 0.845. The fourth-order valence-corrected chi connectivity index (χ4v) is 2.30. The third-order valence-electron chi connectivity index (χ3n) is 3.31. The minimum absolute atomic E-state index is 0.0104. The number of hydrogen-bond acceptors (Lipinski definition) is 2. The van der Waals surface area contributed by atoms with Crippen LogP contribution >= 0.6 is 15.9 Å². The van der Waals surface area contributed by atoms with Crippen molar-refractivity contribution in [3.8, 4) is 0 Å². The van der Waals surface area contributed by atoms with Gasteiger partial charge in [-0.15, -0.1) is 0 Å². The molecular formula is C16H16BrF2NO. The van der Waals surface area contributed by atoms with Crippen LogP contribution < -0.4 is 5.32 Å². The standard InChI is InChI=1S/C16H16BrF2NO/c1-10(11-2-4-12(17)5-3-11)20-9-16(21)14-7-6-13(18)8-15(14)19/h2-8,10,16,20-21H,9H2,1H3/t10-,16?/m1/s1. The van der Waals surface area contributed by atoms with Crippen LogP contribution in [0, 0.1) is 11.6 Å². The van der Waals surface area contributed by atoms with Gasteiger partial charge in [-0.1, -0.05) is 34.1 Å². The molecule has 112 valence electrons. The van der Waals surface area contributed by atoms with E-state index in [1.165, 1.54) is 6.07 Å². The van der Waals surface area contributed by atoms with Gasteiger partial charge in [-0.05, 0) is 30.7 Å². The lowest BCUT2D eigenvalue weighted by Gasteiger charge is -2.18. The summed E-state index contributed by atoms with van der Waals surface area (Å²) in [5.41, 5.74) is 1.15. The van der Waals surface area contributed by atoms with E-state index in [0.29, 0.717) is 0 Å². The summed E-state index contributed by atoms with van der Waals surface area (Å²) >= 11 is 3.37. The Kier molecular flexibility index (Phi) is 5.45. The van der Waals surface area contributed by atoms with E-state index >= 15 is 0 Å². The van der Waals surface area contributed by atoms with Gasteiger partial charge in [-0.3, -0.25) is 0 Å². The highest BCUT2D eigenvalue weighted by molar-refractivity contribution is 9.10. The van der Waals surface area contributed by atoms with E-state index in [4.69, 9.17) is 0 Å². The maximum absolute atomic E-state index is 13.6. The number of aliphatic hydroxyl groups excluding tert-OH is 1. The maximum Gasteiger partial charge on any atom is 0.131 e. The number of nitrogens with one attached hydrogen (secondary N) is 1. The molecule has 0 saturated carbocycles. The van der Waals surface area contributed by atoms with E-state index < -0.39 is 17.7 Å². The van der Waals surface area contributed by atoms with Crippen LogP contribution in [-0.4, -0.2) is 11.7 Å². The van der Waals surface area contributed by atoms with E-state index in [9.17, 15) is 13.9 Å². The molecule has 0 aliphatic rings. The molecule has 21 heavy (non-hydrogen) atoms. The van der Waals surface area contributed by atoms with Crippen molar-refractivity contribution in [2.24, 2.45) is 0 Å². The van der Waals surface area contributed by atoms with Gasteiger partial charge in [0.15, 0.2) is 0 Å². The largest absolute Gasteiger partial charge is 0.387 e. The molecule has 5 heteroatoms. The Morgan fingerprint density at radius 1 is 1.14 bits per heavy atom. The van der Waals surface area contributed by atoms with Crippen molar-refractivity contribution in [2.45, 2.75) is 19.1 Å². The van der Waals surface area contributed by atoms with Gasteiger partial charge in [-0.25, -0.2) is 8.78 Å². The molecule has 0 bridgehead atoms. The second kappa shape index (κ2) is 7.11. The Balaban J connectivity index is 1.97. The smallest absolute Gasteiger partial charge is 0.131 e. The zero-order chi connectivity index (χ0) is 15.4. The summed E-state index contributed by atoms with van der Waals surface area (Å²) in [6, 6.07) is 11.0. The van der Waals surface area contributed by atoms with Crippen LogP contribution in [0.2, 0.25) is 0 Å². The predicted octanol–water partition coefficient (Wildman–Crippen LogP) is 4.11. The van der Waals surface area contributed by atoms with Crippen molar-refractivity contribution in [1.29, 1.82) is 0 Å². The zero-order valence-electron chi connectivity index (χ0n) is 11.5. The minimum atomic E-state index is -1.02. The summed E-state index contributed by atoms with van der Waals surface area (Å²) in [4.78, 5) is 0. The second-order valence-corrected chi connectivity index (χ2v) is 5.78. The molecule has 0 saturated heterocycles. The number of halogens is 3. The maximum atomic E-state index is 13.6. The van der Waals surface area contributed by atoms with E-state index in [1.54, 1.807) is 0 Å². The molecule has 2 N–H and O–H groups in total. The first-order chi connectivity index (χ1) is 9.97. The molecule has 0 heterocycles. The van der Waals surface area contributed by atoms with Gasteiger partial charge in [0.05, 0.1) is 6.10 Å². The Labute approximate surface area is 130 Å². The molecule has 0 aliphatic carbocycles. The molecule has 1 unspecified atom stereocenters. The Morgan fingerprint density at radius 2 is 1.81 bits per heavy atom. The molecule has 2 nitrogen and oxygen atoms in total. The number of rotatable bonds is 5. The molecule has 0 aliphatic heterocycles. The topological polar surface area (TPSA) is 32.3 Å². The summed E-state index contributed by atoms with van der Waals surface area (Å²) in [5.74, 6) is -1.39. The third kappa shape index (κ3) is 4.33. The summed E-state index contributed by atoms with van der Waals surface area (Å²) in [6.07, 6.45) is -1.02. The van der Waals surface area contributed by atoms with Crippen molar-refractivity contribution < 1.29 is 13.9 Å². The van der Waals surface area contributed by atoms with Crippen LogP contribution in [0.5, 0.6) is 0 Å². The van der Waals surface area contributed by atoms with Crippen molar-refractivity contribution in [2.75, 3.05) is 6.54 Å². The summed E-state index contributed by atoms with van der Waals surface area (Å²) in [6.45, 7) is 2.14. The zero-order valence-corrected chi connectivity index (χ0v) is 13.1. The minimum Gasteiger partial charge on any atom is -0.387 e. The first-order valence-corrected chi connectivity index (χ1v) is 7.38. The molecule has 0 aromatic heterocycles. The molecule has 0 radical (unpaired) electrons. The van der Waals surface area contributed by atoms with Crippen molar-refractivity contribution in [3.63, 3.8) is 0 Å². The average Bonchev–Trinajstić information content (AvgIpc) is 2.45. The van der Waals surface area contributed by atoms with Gasteiger partial charge in [0.2, 0.25) is 0 Å². The highest BCUT2D eigenvalue weighted by Crippen LogP contribution is 2.20. The fourth-order valence-electron chi connectivity index (χ4n) is 2.04. The second-order valence-electron chi connectivity index (χ2n) is 4.86. The molecule has 2 aromatic carbocycles. The third-order valence-corrected chi connectivity index (χ3v) is 3.84. The summed E-state index contributed by atoms with van der Waals surface area (Å²) < 4.78 is 27.4. The van der Waals surface area contributed by atoms with Crippen LogP contribution in [0.25, 0.3) is 0 Å². The normalized spacial score (nSPS) is 14.0. The lowest BCUT2D eigenvalue weighted by molar-refractivity contribution is 0.166. The van der Waals surface area contributed by atoms with Gasteiger partial charge in [0.25, 0.3) is 0 Å². The monoisotopic (exact) mass is 355 g/mol. The lowest BCUT2D eigenvalue weighted by atomic mass is 10.1. The summed E-state index contributed by atoms with van der Waals surface area (Å²) in [7, 11) is 0. The van der Waals surface area contributed by atoms with Crippen LogP contribution in [-0.2, 0) is 0 Å². The molecule has 0 fully saturated rings. The Morgan fingerprint density at radius 3 is 2.43 bits per heavy atom. The number of hydrogen-bond donors (Lipinski definition) is 2. The molecule has 2 atom stereocenters. The highest BCUT2D eigenvalue weighted by atomic mass is 79.9. The molecular weight excluding hydrogens is 340 g/mol. The van der Waals surface area contributed by atoms with Gasteiger partial charge < -0.3 is 10.4 Å². The number of benzene rings is 2. The van der Waals surface area contributed by atoms with Gasteiger partial charge in [-0.2, -0.15) is 0 Å². The van der Waals surface area contributed by atoms with E-state index in [-0.39, 0.29) is 18.2 Å². The van der Waals surface area contributed by atoms with Gasteiger partial charge in [0, 0.05) is 28.7 Å². The van der Waals surface area contributed by atoms with Crippen LogP contribution in [0.3, 0.4) is 0 Å². The average molecular weight is 356 g/mol. The Hall–Kier alpha value is -1.30.